The number of nitrogen functional groups attached to an aromatic ring is 1. The van der Waals surface area contributed by atoms with E-state index in [0.717, 1.165) is 24.2 Å². The molecule has 2 rings (SSSR count). The number of ether oxygens (including phenoxy) is 1. The van der Waals surface area contributed by atoms with Crippen LogP contribution in [0.25, 0.3) is 0 Å². The molecule has 3 N–H and O–H groups in total. The Hall–Kier alpha value is -1.51. The SMILES string of the molecule is Cc1cccc(C(=N)N)c1OC1CC(C)CC(C)(C)C1. The first-order chi connectivity index (χ1) is 9.28. The zero-order valence-electron chi connectivity index (χ0n) is 13.0. The van der Waals surface area contributed by atoms with Crippen molar-refractivity contribution in [1.82, 2.24) is 0 Å². The number of amidine groups is 1. The monoisotopic (exact) mass is 274 g/mol. The van der Waals surface area contributed by atoms with Crippen molar-refractivity contribution in [3.05, 3.63) is 29.3 Å². The topological polar surface area (TPSA) is 59.1 Å². The number of hydrogen-bond donors (Lipinski definition) is 2. The fourth-order valence-corrected chi connectivity index (χ4v) is 3.54. The number of nitrogens with two attached hydrogens (primary N) is 1. The molecule has 20 heavy (non-hydrogen) atoms. The summed E-state index contributed by atoms with van der Waals surface area (Å²) in [5.41, 5.74) is 7.75. The van der Waals surface area contributed by atoms with E-state index in [9.17, 15) is 0 Å². The number of hydrogen-bond acceptors (Lipinski definition) is 2. The average Bonchev–Trinajstić information content (AvgIpc) is 2.28. The van der Waals surface area contributed by atoms with Gasteiger partial charge in [0, 0.05) is 0 Å². The predicted octanol–water partition coefficient (Wildman–Crippen LogP) is 3.87. The average molecular weight is 274 g/mol. The molecule has 3 heteroatoms. The van der Waals surface area contributed by atoms with Crippen LogP contribution in [0.3, 0.4) is 0 Å². The lowest BCUT2D eigenvalue weighted by Gasteiger charge is -2.39. The van der Waals surface area contributed by atoms with E-state index >= 15 is 0 Å². The van der Waals surface area contributed by atoms with Gasteiger partial charge in [-0.2, -0.15) is 0 Å². The van der Waals surface area contributed by atoms with Gasteiger partial charge in [0.1, 0.15) is 11.6 Å². The molecule has 0 radical (unpaired) electrons. The van der Waals surface area contributed by atoms with Crippen LogP contribution < -0.4 is 10.5 Å². The standard InChI is InChI=1S/C17H26N2O/c1-11-8-13(10-17(3,4)9-11)20-15-12(2)6-5-7-14(15)16(18)19/h5-7,11,13H,8-10H2,1-4H3,(H3,18,19). The molecule has 2 atom stereocenters. The summed E-state index contributed by atoms with van der Waals surface area (Å²) < 4.78 is 6.26. The molecule has 2 unspecified atom stereocenters. The Morgan fingerprint density at radius 2 is 2.05 bits per heavy atom. The minimum Gasteiger partial charge on any atom is -0.489 e. The van der Waals surface area contributed by atoms with E-state index in [2.05, 4.69) is 20.8 Å². The van der Waals surface area contributed by atoms with Crippen LogP contribution in [0.2, 0.25) is 0 Å². The van der Waals surface area contributed by atoms with Crippen molar-refractivity contribution in [2.75, 3.05) is 0 Å². The normalized spacial score (nSPS) is 25.2. The van der Waals surface area contributed by atoms with Crippen molar-refractivity contribution in [3.8, 4) is 5.75 Å². The summed E-state index contributed by atoms with van der Waals surface area (Å²) in [6.45, 7) is 8.92. The van der Waals surface area contributed by atoms with Gasteiger partial charge in [0.05, 0.1) is 11.7 Å². The molecule has 1 aliphatic rings. The van der Waals surface area contributed by atoms with E-state index in [-0.39, 0.29) is 11.9 Å². The van der Waals surface area contributed by atoms with Crippen LogP contribution >= 0.6 is 0 Å². The Bertz CT molecular complexity index is 508. The first-order valence-electron chi connectivity index (χ1n) is 7.39. The Labute approximate surface area is 122 Å². The van der Waals surface area contributed by atoms with Gasteiger partial charge in [-0.15, -0.1) is 0 Å². The van der Waals surface area contributed by atoms with Crippen molar-refractivity contribution >= 4 is 5.84 Å². The minimum atomic E-state index is 0.0758. The van der Waals surface area contributed by atoms with Crippen LogP contribution in [0.4, 0.5) is 0 Å². The third kappa shape index (κ3) is 3.33. The summed E-state index contributed by atoms with van der Waals surface area (Å²) in [5, 5.41) is 7.71. The zero-order chi connectivity index (χ0) is 14.9. The Kier molecular flexibility index (Phi) is 4.07. The molecule has 3 nitrogen and oxygen atoms in total. The Morgan fingerprint density at radius 3 is 2.65 bits per heavy atom. The number of benzene rings is 1. The van der Waals surface area contributed by atoms with E-state index in [1.54, 1.807) is 0 Å². The molecule has 1 saturated carbocycles. The molecule has 1 aromatic carbocycles. The lowest BCUT2D eigenvalue weighted by Crippen LogP contribution is -2.34. The van der Waals surface area contributed by atoms with Crippen molar-refractivity contribution in [3.63, 3.8) is 0 Å². The molecule has 110 valence electrons. The molecule has 0 amide bonds. The second kappa shape index (κ2) is 5.47. The highest BCUT2D eigenvalue weighted by Crippen LogP contribution is 2.40. The number of rotatable bonds is 3. The van der Waals surface area contributed by atoms with E-state index in [1.165, 1.54) is 6.42 Å². The number of nitrogens with one attached hydrogen (secondary N) is 1. The molecule has 1 aliphatic carbocycles. The maximum absolute atomic E-state index is 7.71. The van der Waals surface area contributed by atoms with Crippen LogP contribution in [0.1, 0.15) is 51.2 Å². The highest BCUT2D eigenvalue weighted by molar-refractivity contribution is 5.98. The first-order valence-corrected chi connectivity index (χ1v) is 7.39. The zero-order valence-corrected chi connectivity index (χ0v) is 13.0. The highest BCUT2D eigenvalue weighted by Gasteiger charge is 2.33. The second-order valence-corrected chi connectivity index (χ2v) is 7.02. The number of para-hydroxylation sites is 1. The van der Waals surface area contributed by atoms with Crippen molar-refractivity contribution in [2.45, 2.75) is 53.1 Å². The van der Waals surface area contributed by atoms with Gasteiger partial charge in [-0.1, -0.05) is 32.9 Å². The molecule has 0 saturated heterocycles. The third-order valence-corrected chi connectivity index (χ3v) is 4.13. The quantitative estimate of drug-likeness (QED) is 0.649. The van der Waals surface area contributed by atoms with Crippen molar-refractivity contribution in [1.29, 1.82) is 5.41 Å². The van der Waals surface area contributed by atoms with Gasteiger partial charge in [-0.25, -0.2) is 0 Å². The van der Waals surface area contributed by atoms with Crippen LogP contribution in [-0.4, -0.2) is 11.9 Å². The number of aryl methyl sites for hydroxylation is 1. The molecular weight excluding hydrogens is 248 g/mol. The van der Waals surface area contributed by atoms with E-state index < -0.39 is 0 Å². The van der Waals surface area contributed by atoms with Crippen LogP contribution in [0.5, 0.6) is 5.75 Å². The molecule has 0 aliphatic heterocycles. The lowest BCUT2D eigenvalue weighted by molar-refractivity contribution is 0.0557. The largest absolute Gasteiger partial charge is 0.489 e. The first kappa shape index (κ1) is 14.9. The molecule has 0 bridgehead atoms. The van der Waals surface area contributed by atoms with Gasteiger partial charge in [0.25, 0.3) is 0 Å². The Morgan fingerprint density at radius 1 is 1.35 bits per heavy atom. The molecule has 0 heterocycles. The third-order valence-electron chi connectivity index (χ3n) is 4.13. The summed E-state index contributed by atoms with van der Waals surface area (Å²) in [7, 11) is 0. The molecule has 1 aromatic rings. The maximum atomic E-state index is 7.71. The summed E-state index contributed by atoms with van der Waals surface area (Å²) >= 11 is 0. The fourth-order valence-electron chi connectivity index (χ4n) is 3.54. The molecule has 0 aromatic heterocycles. The van der Waals surface area contributed by atoms with Crippen molar-refractivity contribution < 1.29 is 4.74 Å². The van der Waals surface area contributed by atoms with Gasteiger partial charge < -0.3 is 10.5 Å². The summed E-state index contributed by atoms with van der Waals surface area (Å²) in [6.07, 6.45) is 3.60. The minimum absolute atomic E-state index is 0.0758. The predicted molar refractivity (Wildman–Crippen MR) is 83.4 cm³/mol. The summed E-state index contributed by atoms with van der Waals surface area (Å²) in [4.78, 5) is 0. The second-order valence-electron chi connectivity index (χ2n) is 7.02. The van der Waals surface area contributed by atoms with E-state index in [4.69, 9.17) is 15.9 Å². The van der Waals surface area contributed by atoms with E-state index in [0.29, 0.717) is 16.9 Å². The molecule has 0 spiro atoms. The lowest BCUT2D eigenvalue weighted by atomic mass is 9.71. The summed E-state index contributed by atoms with van der Waals surface area (Å²) in [6, 6.07) is 5.80. The molecular formula is C17H26N2O. The molecule has 1 fully saturated rings. The Balaban J connectivity index is 2.24. The van der Waals surface area contributed by atoms with E-state index in [1.807, 2.05) is 25.1 Å². The van der Waals surface area contributed by atoms with Gasteiger partial charge in [-0.3, -0.25) is 5.41 Å². The highest BCUT2D eigenvalue weighted by atomic mass is 16.5. The van der Waals surface area contributed by atoms with Crippen LogP contribution in [0.15, 0.2) is 18.2 Å². The van der Waals surface area contributed by atoms with Crippen LogP contribution in [-0.2, 0) is 0 Å². The van der Waals surface area contributed by atoms with Crippen LogP contribution in [0, 0.1) is 23.7 Å². The van der Waals surface area contributed by atoms with Gasteiger partial charge in [-0.05, 0) is 49.1 Å². The fraction of sp³-hybridized carbons (Fsp3) is 0.588. The van der Waals surface area contributed by atoms with Crippen molar-refractivity contribution in [2.24, 2.45) is 17.1 Å². The summed E-state index contributed by atoms with van der Waals surface area (Å²) in [5.74, 6) is 1.54. The van der Waals surface area contributed by atoms with Gasteiger partial charge in [0.15, 0.2) is 0 Å². The van der Waals surface area contributed by atoms with Gasteiger partial charge in [0.2, 0.25) is 0 Å². The maximum Gasteiger partial charge on any atom is 0.133 e. The van der Waals surface area contributed by atoms with Gasteiger partial charge >= 0.3 is 0 Å². The smallest absolute Gasteiger partial charge is 0.133 e.